The van der Waals surface area contributed by atoms with Crippen LogP contribution in [-0.2, 0) is 0 Å². The molecule has 0 aliphatic rings. The Morgan fingerprint density at radius 1 is 1.33 bits per heavy atom. The third-order valence-electron chi connectivity index (χ3n) is 1.20. The zero-order chi connectivity index (χ0) is 9.61. The van der Waals surface area contributed by atoms with Gasteiger partial charge in [-0.15, -0.1) is 11.6 Å². The van der Waals surface area contributed by atoms with Crippen LogP contribution in [-0.4, -0.2) is 42.2 Å². The van der Waals surface area contributed by atoms with Gasteiger partial charge in [0.15, 0.2) is 0 Å². The summed E-state index contributed by atoms with van der Waals surface area (Å²) in [6, 6.07) is 0. The van der Waals surface area contributed by atoms with Gasteiger partial charge >= 0.3 is 5.51 Å². The Bertz CT molecular complexity index is 120. The van der Waals surface area contributed by atoms with Crippen LogP contribution in [0, 0.1) is 0 Å². The lowest BCUT2D eigenvalue weighted by molar-refractivity contribution is -0.0328. The second kappa shape index (κ2) is 5.94. The van der Waals surface area contributed by atoms with Crippen LogP contribution in [0.2, 0.25) is 0 Å². The van der Waals surface area contributed by atoms with Gasteiger partial charge in [-0.2, -0.15) is 13.2 Å². The van der Waals surface area contributed by atoms with E-state index in [4.69, 9.17) is 11.6 Å². The number of hydrogen-bond donors (Lipinski definition) is 0. The third kappa shape index (κ3) is 8.49. The van der Waals surface area contributed by atoms with Crippen LogP contribution >= 0.6 is 23.4 Å². The molecule has 0 rings (SSSR count). The Labute approximate surface area is 79.2 Å². The summed E-state index contributed by atoms with van der Waals surface area (Å²) in [5.41, 5.74) is -4.11. The smallest absolute Gasteiger partial charge is 0.304 e. The fraction of sp³-hybridized carbons (Fsp3) is 1.00. The minimum atomic E-state index is -4.11. The number of hydrogen-bond acceptors (Lipinski definition) is 2. The first kappa shape index (κ1) is 12.4. The second-order valence-electron chi connectivity index (χ2n) is 2.29. The Kier molecular flexibility index (Phi) is 6.13. The maximum atomic E-state index is 11.6. The summed E-state index contributed by atoms with van der Waals surface area (Å²) in [6.07, 6.45) is 0. The number of rotatable bonds is 5. The van der Waals surface area contributed by atoms with Gasteiger partial charge in [-0.3, -0.25) is 0 Å². The Hall–Kier alpha value is 0.390. The first-order chi connectivity index (χ1) is 5.45. The summed E-state index contributed by atoms with van der Waals surface area (Å²) >= 11 is 5.40. The molecular formula is C6H11ClF3NS. The molecular weight excluding hydrogens is 211 g/mol. The van der Waals surface area contributed by atoms with Gasteiger partial charge in [0, 0.05) is 24.7 Å². The van der Waals surface area contributed by atoms with Crippen LogP contribution in [0.1, 0.15) is 0 Å². The quantitative estimate of drug-likeness (QED) is 0.656. The largest absolute Gasteiger partial charge is 0.441 e. The predicted octanol–water partition coefficient (Wildman–Crippen LogP) is 2.41. The average Bonchev–Trinajstić information content (AvgIpc) is 1.84. The van der Waals surface area contributed by atoms with Crippen LogP contribution in [0.25, 0.3) is 0 Å². The maximum Gasteiger partial charge on any atom is 0.441 e. The lowest BCUT2D eigenvalue weighted by Crippen LogP contribution is -2.24. The van der Waals surface area contributed by atoms with Crippen molar-refractivity contribution >= 4 is 23.4 Å². The van der Waals surface area contributed by atoms with Crippen LogP contribution < -0.4 is 0 Å². The van der Waals surface area contributed by atoms with Crippen LogP contribution in [0.4, 0.5) is 13.2 Å². The van der Waals surface area contributed by atoms with E-state index in [0.717, 1.165) is 0 Å². The summed E-state index contributed by atoms with van der Waals surface area (Å²) < 4.78 is 34.8. The monoisotopic (exact) mass is 221 g/mol. The van der Waals surface area contributed by atoms with Gasteiger partial charge in [-0.1, -0.05) is 0 Å². The summed E-state index contributed by atoms with van der Waals surface area (Å²) in [4.78, 5) is 1.77. The molecule has 0 aromatic heterocycles. The van der Waals surface area contributed by atoms with Gasteiger partial charge in [0.05, 0.1) is 0 Å². The molecule has 0 bridgehead atoms. The van der Waals surface area contributed by atoms with Crippen LogP contribution in [0.3, 0.4) is 0 Å². The second-order valence-corrected chi connectivity index (χ2v) is 3.82. The highest BCUT2D eigenvalue weighted by Crippen LogP contribution is 2.29. The van der Waals surface area contributed by atoms with E-state index in [-0.39, 0.29) is 17.5 Å². The van der Waals surface area contributed by atoms with E-state index in [0.29, 0.717) is 19.0 Å². The van der Waals surface area contributed by atoms with Gasteiger partial charge in [-0.05, 0) is 18.8 Å². The molecule has 12 heavy (non-hydrogen) atoms. The van der Waals surface area contributed by atoms with Crippen molar-refractivity contribution in [2.24, 2.45) is 0 Å². The standard InChI is InChI=1S/C6H11ClF3NS/c1-11(3-2-7)4-5-12-6(8,9)10/h2-5H2,1H3. The molecule has 0 aliphatic heterocycles. The topological polar surface area (TPSA) is 3.24 Å². The van der Waals surface area contributed by atoms with Gasteiger partial charge in [0.2, 0.25) is 0 Å². The summed E-state index contributed by atoms with van der Waals surface area (Å²) in [5.74, 6) is 0.518. The molecule has 0 aromatic rings. The highest BCUT2D eigenvalue weighted by atomic mass is 35.5. The minimum absolute atomic E-state index is 0.00301. The summed E-state index contributed by atoms with van der Waals surface area (Å²) in [5, 5.41) is 0. The van der Waals surface area contributed by atoms with E-state index < -0.39 is 5.51 Å². The van der Waals surface area contributed by atoms with E-state index >= 15 is 0 Å². The zero-order valence-corrected chi connectivity index (χ0v) is 8.27. The van der Waals surface area contributed by atoms with E-state index in [1.54, 1.807) is 11.9 Å². The maximum absolute atomic E-state index is 11.6. The van der Waals surface area contributed by atoms with Crippen molar-refractivity contribution in [2.75, 3.05) is 31.8 Å². The highest BCUT2D eigenvalue weighted by Gasteiger charge is 2.27. The van der Waals surface area contributed by atoms with E-state index in [2.05, 4.69) is 0 Å². The predicted molar refractivity (Wildman–Crippen MR) is 46.7 cm³/mol. The SMILES string of the molecule is CN(CCCl)CCSC(F)(F)F. The number of halogens is 4. The average molecular weight is 222 g/mol. The van der Waals surface area contributed by atoms with Crippen molar-refractivity contribution in [2.45, 2.75) is 5.51 Å². The fourth-order valence-corrected chi connectivity index (χ4v) is 1.50. The molecule has 0 amide bonds. The van der Waals surface area contributed by atoms with Crippen molar-refractivity contribution < 1.29 is 13.2 Å². The normalized spacial score (nSPS) is 12.5. The minimum Gasteiger partial charge on any atom is -0.304 e. The molecule has 0 saturated heterocycles. The molecule has 0 radical (unpaired) electrons. The van der Waals surface area contributed by atoms with Gasteiger partial charge in [0.1, 0.15) is 0 Å². The molecule has 0 spiro atoms. The van der Waals surface area contributed by atoms with Crippen molar-refractivity contribution in [1.82, 2.24) is 4.90 Å². The summed E-state index contributed by atoms with van der Waals surface area (Å²) in [6.45, 7) is 1.04. The van der Waals surface area contributed by atoms with E-state index in [1.807, 2.05) is 0 Å². The molecule has 0 aliphatic carbocycles. The number of thioether (sulfide) groups is 1. The third-order valence-corrected chi connectivity index (χ3v) is 2.09. The molecule has 0 saturated carbocycles. The zero-order valence-electron chi connectivity index (χ0n) is 6.70. The van der Waals surface area contributed by atoms with Crippen molar-refractivity contribution in [1.29, 1.82) is 0 Å². The molecule has 0 atom stereocenters. The molecule has 0 unspecified atom stereocenters. The van der Waals surface area contributed by atoms with Gasteiger partial charge in [0.25, 0.3) is 0 Å². The summed E-state index contributed by atoms with van der Waals surface area (Å²) in [7, 11) is 1.75. The molecule has 6 heteroatoms. The number of nitrogens with zero attached hydrogens (tertiary/aromatic N) is 1. The molecule has 0 aromatic carbocycles. The van der Waals surface area contributed by atoms with Crippen LogP contribution in [0.5, 0.6) is 0 Å². The van der Waals surface area contributed by atoms with E-state index in [1.165, 1.54) is 0 Å². The first-order valence-corrected chi connectivity index (χ1v) is 4.93. The molecule has 0 heterocycles. The highest BCUT2D eigenvalue weighted by molar-refractivity contribution is 8.00. The van der Waals surface area contributed by atoms with Crippen molar-refractivity contribution in [3.63, 3.8) is 0 Å². The van der Waals surface area contributed by atoms with Crippen molar-refractivity contribution in [3.8, 4) is 0 Å². The Morgan fingerprint density at radius 2 is 1.92 bits per heavy atom. The molecule has 0 N–H and O–H groups in total. The first-order valence-electron chi connectivity index (χ1n) is 3.41. The lowest BCUT2D eigenvalue weighted by atomic mass is 10.6. The van der Waals surface area contributed by atoms with Crippen LogP contribution in [0.15, 0.2) is 0 Å². The Morgan fingerprint density at radius 3 is 2.33 bits per heavy atom. The number of alkyl halides is 4. The molecule has 74 valence electrons. The molecule has 1 nitrogen and oxygen atoms in total. The Balaban J connectivity index is 3.31. The van der Waals surface area contributed by atoms with Gasteiger partial charge in [-0.25, -0.2) is 0 Å². The lowest BCUT2D eigenvalue weighted by Gasteiger charge is -2.14. The van der Waals surface area contributed by atoms with Gasteiger partial charge < -0.3 is 4.90 Å². The fourth-order valence-electron chi connectivity index (χ4n) is 0.573. The molecule has 0 fully saturated rings. The van der Waals surface area contributed by atoms with Crippen molar-refractivity contribution in [3.05, 3.63) is 0 Å². The van der Waals surface area contributed by atoms with E-state index in [9.17, 15) is 13.2 Å².